The molecule has 1 N–H and O–H groups in total. The van der Waals surface area contributed by atoms with Gasteiger partial charge in [-0.1, -0.05) is 35.5 Å². The maximum Gasteiger partial charge on any atom is 0.387 e. The molecular weight excluding hydrogens is 440 g/mol. The van der Waals surface area contributed by atoms with E-state index in [-0.39, 0.29) is 22.4 Å². The van der Waals surface area contributed by atoms with Crippen LogP contribution in [0.3, 0.4) is 0 Å². The summed E-state index contributed by atoms with van der Waals surface area (Å²) in [4.78, 5) is 12.3. The van der Waals surface area contributed by atoms with Gasteiger partial charge in [0, 0.05) is 5.69 Å². The zero-order chi connectivity index (χ0) is 21.5. The fraction of sp³-hybridized carbons (Fsp3) is 0.222. The van der Waals surface area contributed by atoms with Crippen molar-refractivity contribution in [3.8, 4) is 17.2 Å². The molecule has 8 nitrogen and oxygen atoms in total. The molecule has 3 aromatic rings. The number of aromatic nitrogens is 4. The van der Waals surface area contributed by atoms with Crippen molar-refractivity contribution >= 4 is 35.0 Å². The van der Waals surface area contributed by atoms with Crippen LogP contribution in [0.15, 0.2) is 47.6 Å². The normalized spacial score (nSPS) is 10.8. The highest BCUT2D eigenvalue weighted by Gasteiger charge is 2.15. The van der Waals surface area contributed by atoms with E-state index in [9.17, 15) is 13.6 Å². The van der Waals surface area contributed by atoms with Crippen molar-refractivity contribution < 1.29 is 23.0 Å². The molecule has 158 valence electrons. The summed E-state index contributed by atoms with van der Waals surface area (Å²) < 4.78 is 35.9. The number of amides is 1. The lowest BCUT2D eigenvalue weighted by molar-refractivity contribution is -0.113. The second-order valence-electron chi connectivity index (χ2n) is 5.63. The Bertz CT molecular complexity index is 1020. The van der Waals surface area contributed by atoms with Gasteiger partial charge in [-0.15, -0.1) is 5.10 Å². The Morgan fingerprint density at radius 3 is 2.80 bits per heavy atom. The van der Waals surface area contributed by atoms with Crippen LogP contribution >= 0.6 is 23.4 Å². The van der Waals surface area contributed by atoms with Gasteiger partial charge >= 0.3 is 6.61 Å². The topological polar surface area (TPSA) is 91.2 Å². The van der Waals surface area contributed by atoms with Crippen LogP contribution in [0.5, 0.6) is 11.5 Å². The molecule has 0 radical (unpaired) electrons. The first-order chi connectivity index (χ1) is 14.5. The molecule has 0 bridgehead atoms. The molecule has 0 aliphatic rings. The summed E-state index contributed by atoms with van der Waals surface area (Å²) in [6.45, 7) is -0.638. The van der Waals surface area contributed by atoms with E-state index in [1.54, 1.807) is 12.1 Å². The molecule has 0 aliphatic heterocycles. The number of carbonyl (C=O) groups excluding carboxylic acids is 1. The third kappa shape index (κ3) is 5.57. The number of benzene rings is 2. The van der Waals surface area contributed by atoms with Crippen LogP contribution in [-0.4, -0.2) is 45.1 Å². The fourth-order valence-electron chi connectivity index (χ4n) is 2.43. The Hall–Kier alpha value is -2.92. The molecule has 0 saturated heterocycles. The first kappa shape index (κ1) is 21.8. The molecule has 1 heterocycles. The van der Waals surface area contributed by atoms with Crippen LogP contribution in [0.2, 0.25) is 5.02 Å². The zero-order valence-electron chi connectivity index (χ0n) is 15.6. The number of anilines is 1. The van der Waals surface area contributed by atoms with Crippen LogP contribution in [-0.2, 0) is 4.79 Å². The third-order valence-electron chi connectivity index (χ3n) is 3.60. The molecule has 1 amide bonds. The van der Waals surface area contributed by atoms with E-state index in [0.29, 0.717) is 28.9 Å². The summed E-state index contributed by atoms with van der Waals surface area (Å²) in [6, 6.07) is 11.2. The number of tetrazole rings is 1. The van der Waals surface area contributed by atoms with E-state index in [0.717, 1.165) is 11.8 Å². The lowest BCUT2D eigenvalue weighted by Gasteiger charge is -2.11. The summed E-state index contributed by atoms with van der Waals surface area (Å²) in [5, 5.41) is 14.6. The number of rotatable bonds is 9. The molecular formula is C18H16ClF2N5O3S. The summed E-state index contributed by atoms with van der Waals surface area (Å²) in [5.74, 6) is 0.0844. The van der Waals surface area contributed by atoms with Crippen molar-refractivity contribution in [1.82, 2.24) is 20.2 Å². The van der Waals surface area contributed by atoms with Crippen LogP contribution in [0.4, 0.5) is 14.5 Å². The number of nitrogens with zero attached hydrogens (tertiary/aromatic N) is 4. The van der Waals surface area contributed by atoms with Gasteiger partial charge in [0.05, 0.1) is 17.4 Å². The van der Waals surface area contributed by atoms with Crippen LogP contribution in [0.25, 0.3) is 5.69 Å². The van der Waals surface area contributed by atoms with Gasteiger partial charge < -0.3 is 14.8 Å². The molecule has 0 saturated carbocycles. The van der Waals surface area contributed by atoms with Crippen molar-refractivity contribution in [1.29, 1.82) is 0 Å². The minimum Gasteiger partial charge on any atom is -0.492 e. The van der Waals surface area contributed by atoms with Crippen molar-refractivity contribution in [2.75, 3.05) is 17.7 Å². The lowest BCUT2D eigenvalue weighted by atomic mass is 10.3. The number of ether oxygens (including phenoxy) is 2. The van der Waals surface area contributed by atoms with E-state index >= 15 is 0 Å². The van der Waals surface area contributed by atoms with E-state index in [4.69, 9.17) is 16.3 Å². The van der Waals surface area contributed by atoms with Gasteiger partial charge in [-0.3, -0.25) is 4.79 Å². The number of para-hydroxylation sites is 2. The van der Waals surface area contributed by atoms with Crippen molar-refractivity contribution in [3.05, 3.63) is 47.5 Å². The maximum atomic E-state index is 12.3. The molecule has 0 unspecified atom stereocenters. The monoisotopic (exact) mass is 455 g/mol. The summed E-state index contributed by atoms with van der Waals surface area (Å²) in [7, 11) is 0. The molecule has 0 atom stereocenters. The molecule has 0 aliphatic carbocycles. The molecule has 12 heteroatoms. The molecule has 30 heavy (non-hydrogen) atoms. The number of thioether (sulfide) groups is 1. The van der Waals surface area contributed by atoms with E-state index in [1.807, 2.05) is 19.1 Å². The Kier molecular flexibility index (Phi) is 7.41. The molecule has 2 aromatic carbocycles. The summed E-state index contributed by atoms with van der Waals surface area (Å²) in [6.07, 6.45) is 0. The maximum absolute atomic E-state index is 12.3. The van der Waals surface area contributed by atoms with Gasteiger partial charge in [0.25, 0.3) is 0 Å². The van der Waals surface area contributed by atoms with Gasteiger partial charge in [-0.2, -0.15) is 13.5 Å². The molecule has 0 spiro atoms. The first-order valence-electron chi connectivity index (χ1n) is 8.65. The fourth-order valence-corrected chi connectivity index (χ4v) is 3.34. The van der Waals surface area contributed by atoms with Crippen LogP contribution in [0.1, 0.15) is 6.92 Å². The average Bonchev–Trinajstić information content (AvgIpc) is 3.17. The number of carbonyl (C=O) groups is 1. The Morgan fingerprint density at radius 1 is 1.27 bits per heavy atom. The third-order valence-corrected chi connectivity index (χ3v) is 4.81. The number of hydrogen-bond donors (Lipinski definition) is 1. The Labute approximate surface area is 179 Å². The highest BCUT2D eigenvalue weighted by atomic mass is 35.5. The molecule has 3 rings (SSSR count). The van der Waals surface area contributed by atoms with Crippen molar-refractivity contribution in [2.45, 2.75) is 18.7 Å². The van der Waals surface area contributed by atoms with Crippen molar-refractivity contribution in [2.24, 2.45) is 0 Å². The first-order valence-corrected chi connectivity index (χ1v) is 10.0. The van der Waals surface area contributed by atoms with Gasteiger partial charge in [-0.25, -0.2) is 0 Å². The van der Waals surface area contributed by atoms with E-state index < -0.39 is 6.61 Å². The van der Waals surface area contributed by atoms with Crippen LogP contribution in [0, 0.1) is 0 Å². The number of nitrogens with one attached hydrogen (secondary N) is 1. The predicted octanol–water partition coefficient (Wildman–Crippen LogP) is 4.05. The van der Waals surface area contributed by atoms with Gasteiger partial charge in [0.1, 0.15) is 17.2 Å². The molecule has 1 aromatic heterocycles. The number of alkyl halides is 2. The minimum atomic E-state index is -2.99. The standard InChI is InChI=1S/C18H16ClF2N5O3S/c1-2-28-15-6-4-3-5-13(15)26-18(23-24-25-26)30-10-16(27)22-11-7-8-14(12(19)9-11)29-17(20)21/h3-9,17H,2,10H2,1H3,(H,22,27). The lowest BCUT2D eigenvalue weighted by Crippen LogP contribution is -2.15. The SMILES string of the molecule is CCOc1ccccc1-n1nnnc1SCC(=O)Nc1ccc(OC(F)F)c(Cl)c1. The van der Waals surface area contributed by atoms with Gasteiger partial charge in [0.2, 0.25) is 11.1 Å². The Morgan fingerprint density at radius 2 is 2.07 bits per heavy atom. The zero-order valence-corrected chi connectivity index (χ0v) is 17.2. The quantitative estimate of drug-likeness (QED) is 0.487. The number of halogens is 3. The van der Waals surface area contributed by atoms with Gasteiger partial charge in [0.15, 0.2) is 0 Å². The molecule has 0 fully saturated rings. The second kappa shape index (κ2) is 10.2. The highest BCUT2D eigenvalue weighted by molar-refractivity contribution is 7.99. The van der Waals surface area contributed by atoms with Gasteiger partial charge in [-0.05, 0) is 47.7 Å². The minimum absolute atomic E-state index is 0.00405. The summed E-state index contributed by atoms with van der Waals surface area (Å²) in [5.41, 5.74) is 0.988. The summed E-state index contributed by atoms with van der Waals surface area (Å²) >= 11 is 7.01. The average molecular weight is 456 g/mol. The van der Waals surface area contributed by atoms with E-state index in [1.165, 1.54) is 22.9 Å². The highest BCUT2D eigenvalue weighted by Crippen LogP contribution is 2.29. The van der Waals surface area contributed by atoms with E-state index in [2.05, 4.69) is 25.6 Å². The van der Waals surface area contributed by atoms with Crippen LogP contribution < -0.4 is 14.8 Å². The smallest absolute Gasteiger partial charge is 0.387 e. The largest absolute Gasteiger partial charge is 0.492 e. The predicted molar refractivity (Wildman–Crippen MR) is 108 cm³/mol. The second-order valence-corrected chi connectivity index (χ2v) is 6.98. The number of hydrogen-bond acceptors (Lipinski definition) is 7. The van der Waals surface area contributed by atoms with Crippen molar-refractivity contribution in [3.63, 3.8) is 0 Å². The Balaban J connectivity index is 1.64.